The van der Waals surface area contributed by atoms with Gasteiger partial charge in [-0.2, -0.15) is 5.10 Å². The monoisotopic (exact) mass is 302 g/mol. The van der Waals surface area contributed by atoms with Crippen molar-refractivity contribution in [3.05, 3.63) is 11.4 Å². The Labute approximate surface area is 121 Å². The van der Waals surface area contributed by atoms with E-state index >= 15 is 0 Å². The Morgan fingerprint density at radius 2 is 2.05 bits per heavy atom. The summed E-state index contributed by atoms with van der Waals surface area (Å²) in [5.74, 6) is 0.583. The summed E-state index contributed by atoms with van der Waals surface area (Å²) in [6.45, 7) is 9.64. The Hall–Kier alpha value is -0.920. The molecule has 0 spiro atoms. The van der Waals surface area contributed by atoms with Crippen LogP contribution in [-0.2, 0) is 16.6 Å². The zero-order valence-electron chi connectivity index (χ0n) is 12.8. The fourth-order valence-corrected chi connectivity index (χ4v) is 3.41. The molecule has 7 heteroatoms. The number of hydrogen-bond acceptors (Lipinski definition) is 4. The largest absolute Gasteiger partial charge is 0.311 e. The molecule has 0 aromatic carbocycles. The van der Waals surface area contributed by atoms with Crippen molar-refractivity contribution in [1.29, 1.82) is 0 Å². The van der Waals surface area contributed by atoms with Crippen LogP contribution in [0.3, 0.4) is 0 Å². The number of hydrogen-bond donors (Lipinski definition) is 3. The van der Waals surface area contributed by atoms with Gasteiger partial charge >= 0.3 is 0 Å². The lowest BCUT2D eigenvalue weighted by Crippen LogP contribution is -2.27. The zero-order valence-corrected chi connectivity index (χ0v) is 13.6. The quantitative estimate of drug-likeness (QED) is 0.604. The molecule has 6 nitrogen and oxygen atoms in total. The summed E-state index contributed by atoms with van der Waals surface area (Å²) < 4.78 is 27.3. The molecule has 1 aromatic heterocycles. The lowest BCUT2D eigenvalue weighted by atomic mass is 10.1. The van der Waals surface area contributed by atoms with Gasteiger partial charge in [0.1, 0.15) is 4.90 Å². The number of H-pyrrole nitrogens is 1. The molecule has 0 aliphatic heterocycles. The number of aromatic nitrogens is 2. The second kappa shape index (κ2) is 7.75. The van der Waals surface area contributed by atoms with Crippen molar-refractivity contribution in [1.82, 2.24) is 20.2 Å². The van der Waals surface area contributed by atoms with Gasteiger partial charge in [0.05, 0.1) is 11.4 Å². The van der Waals surface area contributed by atoms with Gasteiger partial charge < -0.3 is 5.32 Å². The first-order valence-electron chi connectivity index (χ1n) is 7.12. The molecule has 0 atom stereocenters. The van der Waals surface area contributed by atoms with Crippen LogP contribution in [0.1, 0.15) is 45.0 Å². The van der Waals surface area contributed by atoms with E-state index in [2.05, 4.69) is 34.1 Å². The summed E-state index contributed by atoms with van der Waals surface area (Å²) >= 11 is 0. The van der Waals surface area contributed by atoms with Gasteiger partial charge in [-0.15, -0.1) is 0 Å². The van der Waals surface area contributed by atoms with Gasteiger partial charge in [-0.05, 0) is 32.2 Å². The number of nitrogens with one attached hydrogen (secondary N) is 3. The first kappa shape index (κ1) is 17.1. The lowest BCUT2D eigenvalue weighted by Gasteiger charge is -2.09. The van der Waals surface area contributed by atoms with E-state index in [4.69, 9.17) is 0 Å². The van der Waals surface area contributed by atoms with E-state index in [0.29, 0.717) is 30.4 Å². The number of aryl methyl sites for hydroxylation is 1. The second-order valence-corrected chi connectivity index (χ2v) is 7.04. The highest BCUT2D eigenvalue weighted by Crippen LogP contribution is 2.17. The minimum atomic E-state index is -3.49. The number of aromatic amines is 1. The van der Waals surface area contributed by atoms with E-state index in [1.54, 1.807) is 6.92 Å². The molecule has 1 heterocycles. The predicted molar refractivity (Wildman–Crippen MR) is 80.0 cm³/mol. The maximum Gasteiger partial charge on any atom is 0.244 e. The molecule has 0 saturated heterocycles. The van der Waals surface area contributed by atoms with Gasteiger partial charge in [0, 0.05) is 13.1 Å². The number of rotatable bonds is 9. The summed E-state index contributed by atoms with van der Waals surface area (Å²) in [6, 6.07) is 0. The summed E-state index contributed by atoms with van der Waals surface area (Å²) in [4.78, 5) is 0.281. The van der Waals surface area contributed by atoms with E-state index in [0.717, 1.165) is 19.4 Å². The Kier molecular flexibility index (Phi) is 6.64. The maximum absolute atomic E-state index is 12.3. The highest BCUT2D eigenvalue weighted by Gasteiger charge is 2.23. The highest BCUT2D eigenvalue weighted by atomic mass is 32.2. The average Bonchev–Trinajstić information content (AvgIpc) is 2.74. The molecule has 0 fully saturated rings. The standard InChI is InChI=1S/C13H26N4O2S/c1-5-14-9-12-13(11(4)16-17-12)20(18,19)15-8-6-7-10(2)3/h10,14-15H,5-9H2,1-4H3,(H,16,17). The Morgan fingerprint density at radius 1 is 1.35 bits per heavy atom. The van der Waals surface area contributed by atoms with E-state index in [9.17, 15) is 8.42 Å². The third kappa shape index (κ3) is 4.88. The summed E-state index contributed by atoms with van der Waals surface area (Å²) in [5, 5.41) is 9.92. The van der Waals surface area contributed by atoms with E-state index in [1.807, 2.05) is 6.92 Å². The van der Waals surface area contributed by atoms with Crippen molar-refractivity contribution < 1.29 is 8.42 Å². The van der Waals surface area contributed by atoms with Gasteiger partial charge in [0.25, 0.3) is 0 Å². The molecular formula is C13H26N4O2S. The summed E-state index contributed by atoms with van der Waals surface area (Å²) in [6.07, 6.45) is 1.85. The van der Waals surface area contributed by atoms with Crippen LogP contribution in [0.15, 0.2) is 4.90 Å². The average molecular weight is 302 g/mol. The number of nitrogens with zero attached hydrogens (tertiary/aromatic N) is 1. The minimum Gasteiger partial charge on any atom is -0.311 e. The van der Waals surface area contributed by atoms with Crippen LogP contribution >= 0.6 is 0 Å². The Balaban J connectivity index is 2.73. The van der Waals surface area contributed by atoms with Crippen molar-refractivity contribution >= 4 is 10.0 Å². The van der Waals surface area contributed by atoms with Crippen molar-refractivity contribution in [3.63, 3.8) is 0 Å². The van der Waals surface area contributed by atoms with Gasteiger partial charge in [0.2, 0.25) is 10.0 Å². The van der Waals surface area contributed by atoms with Crippen LogP contribution in [0.5, 0.6) is 0 Å². The maximum atomic E-state index is 12.3. The fraction of sp³-hybridized carbons (Fsp3) is 0.769. The minimum absolute atomic E-state index is 0.281. The molecule has 116 valence electrons. The molecule has 0 amide bonds. The van der Waals surface area contributed by atoms with Crippen molar-refractivity contribution in [2.45, 2.75) is 52.0 Å². The second-order valence-electron chi connectivity index (χ2n) is 5.34. The van der Waals surface area contributed by atoms with Crippen LogP contribution in [0.25, 0.3) is 0 Å². The molecule has 0 saturated carbocycles. The molecule has 0 aliphatic carbocycles. The normalized spacial score (nSPS) is 12.2. The smallest absolute Gasteiger partial charge is 0.244 e. The lowest BCUT2D eigenvalue weighted by molar-refractivity contribution is 0.539. The third-order valence-corrected chi connectivity index (χ3v) is 4.69. The van der Waals surface area contributed by atoms with Crippen LogP contribution in [0.2, 0.25) is 0 Å². The topological polar surface area (TPSA) is 86.9 Å². The summed E-state index contributed by atoms with van der Waals surface area (Å²) in [5.41, 5.74) is 1.12. The molecule has 1 aromatic rings. The Bertz CT molecular complexity index is 508. The van der Waals surface area contributed by atoms with Crippen molar-refractivity contribution in [3.8, 4) is 0 Å². The predicted octanol–water partition coefficient (Wildman–Crippen LogP) is 1.54. The molecule has 0 bridgehead atoms. The van der Waals surface area contributed by atoms with E-state index in [-0.39, 0.29) is 4.90 Å². The van der Waals surface area contributed by atoms with E-state index < -0.39 is 10.0 Å². The van der Waals surface area contributed by atoms with Crippen LogP contribution in [0, 0.1) is 12.8 Å². The molecule has 0 aliphatic rings. The van der Waals surface area contributed by atoms with Gasteiger partial charge in [0.15, 0.2) is 0 Å². The molecule has 1 rings (SSSR count). The molecular weight excluding hydrogens is 276 g/mol. The van der Waals surface area contributed by atoms with Crippen LogP contribution in [0.4, 0.5) is 0 Å². The van der Waals surface area contributed by atoms with E-state index in [1.165, 1.54) is 0 Å². The van der Waals surface area contributed by atoms with Crippen molar-refractivity contribution in [2.75, 3.05) is 13.1 Å². The number of sulfonamides is 1. The van der Waals surface area contributed by atoms with Crippen LogP contribution in [-0.4, -0.2) is 31.7 Å². The third-order valence-electron chi connectivity index (χ3n) is 3.02. The van der Waals surface area contributed by atoms with Crippen LogP contribution < -0.4 is 10.0 Å². The van der Waals surface area contributed by atoms with Gasteiger partial charge in [-0.25, -0.2) is 13.1 Å². The van der Waals surface area contributed by atoms with Crippen molar-refractivity contribution in [2.24, 2.45) is 5.92 Å². The SMILES string of the molecule is CCNCc1n[nH]c(C)c1S(=O)(=O)NCCCC(C)C. The highest BCUT2D eigenvalue weighted by molar-refractivity contribution is 7.89. The molecule has 0 unspecified atom stereocenters. The van der Waals surface area contributed by atoms with Gasteiger partial charge in [-0.3, -0.25) is 5.10 Å². The first-order chi connectivity index (χ1) is 9.38. The zero-order chi connectivity index (χ0) is 15.2. The van der Waals surface area contributed by atoms with Gasteiger partial charge in [-0.1, -0.05) is 20.8 Å². The molecule has 0 radical (unpaired) electrons. The Morgan fingerprint density at radius 3 is 2.65 bits per heavy atom. The first-order valence-corrected chi connectivity index (χ1v) is 8.61. The molecule has 3 N–H and O–H groups in total. The fourth-order valence-electron chi connectivity index (χ4n) is 1.98. The molecule has 20 heavy (non-hydrogen) atoms. The summed E-state index contributed by atoms with van der Waals surface area (Å²) in [7, 11) is -3.49.